The van der Waals surface area contributed by atoms with E-state index >= 15 is 0 Å². The number of hydrogen-bond acceptors (Lipinski definition) is 4. The van der Waals surface area contributed by atoms with Crippen molar-refractivity contribution in [1.82, 2.24) is 5.32 Å². The lowest BCUT2D eigenvalue weighted by atomic mass is 9.89. The molecular formula is C17H23NO4. The summed E-state index contributed by atoms with van der Waals surface area (Å²) in [5.41, 5.74) is 1.30. The second-order valence-electron chi connectivity index (χ2n) is 6.73. The minimum atomic E-state index is -1.12. The van der Waals surface area contributed by atoms with E-state index in [0.717, 1.165) is 29.4 Å². The smallest absolute Gasteiger partial charge is 0.408 e. The topological polar surface area (TPSA) is 64.6 Å². The number of hydrogen-bond donors (Lipinski definition) is 1. The van der Waals surface area contributed by atoms with Crippen LogP contribution in [-0.2, 0) is 32.8 Å². The number of benzene rings is 1. The van der Waals surface area contributed by atoms with Gasteiger partial charge in [-0.3, -0.25) is 0 Å². The van der Waals surface area contributed by atoms with Gasteiger partial charge in [0.25, 0.3) is 0 Å². The summed E-state index contributed by atoms with van der Waals surface area (Å²) in [6.07, 6.45) is 0.936. The number of alkyl carbamates (subject to hydrolysis) is 1. The number of nitrogens with one attached hydrogen (secondary N) is 1. The summed E-state index contributed by atoms with van der Waals surface area (Å²) in [6.45, 7) is 8.28. The van der Waals surface area contributed by atoms with E-state index in [-0.39, 0.29) is 0 Å². The molecule has 0 saturated heterocycles. The van der Waals surface area contributed by atoms with Crippen molar-refractivity contribution in [3.63, 3.8) is 0 Å². The van der Waals surface area contributed by atoms with Gasteiger partial charge in [0.2, 0.25) is 0 Å². The maximum absolute atomic E-state index is 12.0. The molecule has 2 rings (SSSR count). The molecule has 0 spiro atoms. The van der Waals surface area contributed by atoms with Gasteiger partial charge >= 0.3 is 6.09 Å². The highest BCUT2D eigenvalue weighted by molar-refractivity contribution is 5.78. The standard InChI is InChI=1S/C17H23NO4/c1-16(2,3)22-15(20)18-17(4,11-19)14-6-5-13-10-21-8-7-12(13)9-14/h5-6,9,11H,7-8,10H2,1-4H3,(H,18,20). The van der Waals surface area contributed by atoms with Gasteiger partial charge < -0.3 is 19.6 Å². The van der Waals surface area contributed by atoms with Crippen LogP contribution >= 0.6 is 0 Å². The Bertz CT molecular complexity index is 577. The molecule has 1 aromatic carbocycles. The summed E-state index contributed by atoms with van der Waals surface area (Å²) in [5.74, 6) is 0. The second-order valence-corrected chi connectivity index (χ2v) is 6.73. The van der Waals surface area contributed by atoms with Crippen molar-refractivity contribution in [3.05, 3.63) is 34.9 Å². The van der Waals surface area contributed by atoms with Crippen LogP contribution in [0.5, 0.6) is 0 Å². The molecule has 5 nitrogen and oxygen atoms in total. The molecule has 0 bridgehead atoms. The van der Waals surface area contributed by atoms with E-state index in [2.05, 4.69) is 5.32 Å². The molecule has 1 amide bonds. The lowest BCUT2D eigenvalue weighted by Gasteiger charge is -2.29. The van der Waals surface area contributed by atoms with E-state index in [4.69, 9.17) is 9.47 Å². The normalized spacial score (nSPS) is 17.1. The first-order valence-electron chi connectivity index (χ1n) is 7.41. The van der Waals surface area contributed by atoms with Crippen LogP contribution in [0.15, 0.2) is 18.2 Å². The molecule has 0 saturated carbocycles. The molecule has 0 fully saturated rings. The van der Waals surface area contributed by atoms with Crippen LogP contribution in [0.4, 0.5) is 4.79 Å². The number of ether oxygens (including phenoxy) is 2. The molecular weight excluding hydrogens is 282 g/mol. The molecule has 1 heterocycles. The highest BCUT2D eigenvalue weighted by atomic mass is 16.6. The van der Waals surface area contributed by atoms with E-state index in [9.17, 15) is 9.59 Å². The Balaban J connectivity index is 2.22. The van der Waals surface area contributed by atoms with Crippen molar-refractivity contribution in [2.75, 3.05) is 6.61 Å². The van der Waals surface area contributed by atoms with Crippen LogP contribution in [0.2, 0.25) is 0 Å². The fourth-order valence-electron chi connectivity index (χ4n) is 2.37. The summed E-state index contributed by atoms with van der Waals surface area (Å²) in [7, 11) is 0. The van der Waals surface area contributed by atoms with Gasteiger partial charge in [0.05, 0.1) is 13.2 Å². The average Bonchev–Trinajstić information content (AvgIpc) is 2.44. The van der Waals surface area contributed by atoms with Crippen LogP contribution in [0.1, 0.15) is 44.4 Å². The second kappa shape index (κ2) is 6.08. The molecule has 1 unspecified atom stereocenters. The van der Waals surface area contributed by atoms with Crippen molar-refractivity contribution < 1.29 is 19.1 Å². The molecule has 1 aromatic rings. The van der Waals surface area contributed by atoms with E-state index in [1.165, 1.54) is 0 Å². The Morgan fingerprint density at radius 1 is 1.27 bits per heavy atom. The zero-order valence-electron chi connectivity index (χ0n) is 13.6. The van der Waals surface area contributed by atoms with E-state index in [1.54, 1.807) is 27.7 Å². The molecule has 1 N–H and O–H groups in total. The number of fused-ring (bicyclic) bond motifs is 1. The Hall–Kier alpha value is -1.88. The third-order valence-corrected chi connectivity index (χ3v) is 3.58. The van der Waals surface area contributed by atoms with Crippen LogP contribution < -0.4 is 5.32 Å². The number of aldehydes is 1. The SMILES string of the molecule is CC(C)(C)OC(=O)NC(C)(C=O)c1ccc2c(c1)CCOC2. The molecule has 5 heteroatoms. The number of amides is 1. The minimum absolute atomic E-state index is 0.590. The molecule has 22 heavy (non-hydrogen) atoms. The number of rotatable bonds is 3. The fraction of sp³-hybridized carbons (Fsp3) is 0.529. The molecule has 0 aliphatic carbocycles. The molecule has 0 aromatic heterocycles. The fourth-order valence-corrected chi connectivity index (χ4v) is 2.37. The Labute approximate surface area is 131 Å². The van der Waals surface area contributed by atoms with E-state index < -0.39 is 17.2 Å². The molecule has 1 atom stereocenters. The van der Waals surface area contributed by atoms with Crippen LogP contribution in [0.3, 0.4) is 0 Å². The average molecular weight is 305 g/mol. The van der Waals surface area contributed by atoms with Gasteiger partial charge in [-0.2, -0.15) is 0 Å². The predicted octanol–water partition coefficient (Wildman–Crippen LogP) is 2.70. The lowest BCUT2D eigenvalue weighted by molar-refractivity contribution is -0.113. The number of carbonyl (C=O) groups is 2. The first-order chi connectivity index (χ1) is 10.2. The Morgan fingerprint density at radius 3 is 2.64 bits per heavy atom. The Morgan fingerprint density at radius 2 is 2.00 bits per heavy atom. The van der Waals surface area contributed by atoms with Gasteiger partial charge in [-0.1, -0.05) is 18.2 Å². The molecule has 120 valence electrons. The maximum atomic E-state index is 12.0. The summed E-state index contributed by atoms with van der Waals surface area (Å²) >= 11 is 0. The molecule has 1 aliphatic rings. The zero-order valence-corrected chi connectivity index (χ0v) is 13.6. The van der Waals surface area contributed by atoms with Crippen molar-refractivity contribution in [2.24, 2.45) is 0 Å². The van der Waals surface area contributed by atoms with Gasteiger partial charge in [0.15, 0.2) is 0 Å². The van der Waals surface area contributed by atoms with Crippen LogP contribution in [0.25, 0.3) is 0 Å². The third kappa shape index (κ3) is 3.85. The zero-order chi connectivity index (χ0) is 16.4. The van der Waals surface area contributed by atoms with E-state index in [1.807, 2.05) is 18.2 Å². The first kappa shape index (κ1) is 16.5. The first-order valence-corrected chi connectivity index (χ1v) is 7.41. The summed E-state index contributed by atoms with van der Waals surface area (Å²) in [6, 6.07) is 5.76. The predicted molar refractivity (Wildman–Crippen MR) is 82.6 cm³/mol. The highest BCUT2D eigenvalue weighted by Gasteiger charge is 2.31. The largest absolute Gasteiger partial charge is 0.444 e. The summed E-state index contributed by atoms with van der Waals surface area (Å²) < 4.78 is 10.6. The highest BCUT2D eigenvalue weighted by Crippen LogP contribution is 2.25. The monoisotopic (exact) mass is 305 g/mol. The summed E-state index contributed by atoms with van der Waals surface area (Å²) in [5, 5.41) is 2.66. The summed E-state index contributed by atoms with van der Waals surface area (Å²) in [4.78, 5) is 23.6. The number of carbonyl (C=O) groups excluding carboxylic acids is 2. The van der Waals surface area contributed by atoms with Crippen molar-refractivity contribution in [2.45, 2.75) is 51.9 Å². The van der Waals surface area contributed by atoms with Crippen LogP contribution in [0, 0.1) is 0 Å². The maximum Gasteiger partial charge on any atom is 0.408 e. The third-order valence-electron chi connectivity index (χ3n) is 3.58. The lowest BCUT2D eigenvalue weighted by Crippen LogP contribution is -2.47. The van der Waals surface area contributed by atoms with Gasteiger partial charge in [-0.05, 0) is 50.8 Å². The van der Waals surface area contributed by atoms with Gasteiger partial charge in [-0.25, -0.2) is 4.79 Å². The van der Waals surface area contributed by atoms with Crippen molar-refractivity contribution >= 4 is 12.4 Å². The van der Waals surface area contributed by atoms with E-state index in [0.29, 0.717) is 13.2 Å². The Kier molecular flexibility index (Phi) is 4.56. The van der Waals surface area contributed by atoms with Crippen LogP contribution in [-0.4, -0.2) is 24.6 Å². The molecule has 0 radical (unpaired) electrons. The molecule has 1 aliphatic heterocycles. The minimum Gasteiger partial charge on any atom is -0.444 e. The quantitative estimate of drug-likeness (QED) is 0.872. The van der Waals surface area contributed by atoms with Gasteiger partial charge in [0.1, 0.15) is 17.4 Å². The van der Waals surface area contributed by atoms with Gasteiger partial charge in [-0.15, -0.1) is 0 Å². The van der Waals surface area contributed by atoms with Crippen molar-refractivity contribution in [3.8, 4) is 0 Å². The van der Waals surface area contributed by atoms with Gasteiger partial charge in [0, 0.05) is 0 Å². The van der Waals surface area contributed by atoms with Crippen molar-refractivity contribution in [1.29, 1.82) is 0 Å².